The molecule has 0 spiro atoms. The van der Waals surface area contributed by atoms with Crippen LogP contribution in [0.5, 0.6) is 0 Å². The molecular formula is C13H18BrN3O2S. The van der Waals surface area contributed by atoms with Crippen molar-refractivity contribution in [3.8, 4) is 0 Å². The van der Waals surface area contributed by atoms with E-state index in [1.165, 1.54) is 6.07 Å². The van der Waals surface area contributed by atoms with Gasteiger partial charge in [0.2, 0.25) is 10.0 Å². The summed E-state index contributed by atoms with van der Waals surface area (Å²) in [6.45, 7) is 2.08. The normalized spacial score (nSPS) is 26.9. The van der Waals surface area contributed by atoms with Crippen molar-refractivity contribution in [2.24, 2.45) is 0 Å². The lowest BCUT2D eigenvalue weighted by molar-refractivity contribution is 0.309. The lowest BCUT2D eigenvalue weighted by Crippen LogP contribution is -2.42. The Labute approximate surface area is 127 Å². The predicted molar refractivity (Wildman–Crippen MR) is 81.9 cm³/mol. The van der Waals surface area contributed by atoms with Gasteiger partial charge in [-0.3, -0.25) is 4.90 Å². The molecule has 0 saturated carbocycles. The van der Waals surface area contributed by atoms with Gasteiger partial charge in [-0.05, 0) is 59.9 Å². The van der Waals surface area contributed by atoms with Gasteiger partial charge < -0.3 is 5.73 Å². The first-order valence-electron chi connectivity index (χ1n) is 6.79. The van der Waals surface area contributed by atoms with Gasteiger partial charge in [0.25, 0.3) is 0 Å². The molecule has 0 bridgehead atoms. The van der Waals surface area contributed by atoms with E-state index in [1.807, 2.05) is 0 Å². The van der Waals surface area contributed by atoms with Gasteiger partial charge in [-0.25, -0.2) is 13.1 Å². The van der Waals surface area contributed by atoms with Gasteiger partial charge >= 0.3 is 0 Å². The number of hydrogen-bond donors (Lipinski definition) is 2. The maximum atomic E-state index is 12.4. The first-order chi connectivity index (χ1) is 9.47. The number of hydrogen-bond acceptors (Lipinski definition) is 4. The van der Waals surface area contributed by atoms with Crippen LogP contribution in [0.15, 0.2) is 27.6 Å². The molecule has 2 heterocycles. The molecular weight excluding hydrogens is 342 g/mol. The number of anilines is 1. The number of fused-ring (bicyclic) bond motifs is 1. The Morgan fingerprint density at radius 3 is 2.85 bits per heavy atom. The van der Waals surface area contributed by atoms with Crippen LogP contribution in [0.4, 0.5) is 5.69 Å². The van der Waals surface area contributed by atoms with Crippen molar-refractivity contribution in [1.29, 1.82) is 0 Å². The number of benzene rings is 1. The molecule has 2 saturated heterocycles. The summed E-state index contributed by atoms with van der Waals surface area (Å²) >= 11 is 3.27. The van der Waals surface area contributed by atoms with Crippen LogP contribution in [0.1, 0.15) is 19.3 Å². The average Bonchev–Trinajstić information content (AvgIpc) is 2.97. The molecule has 0 amide bonds. The molecule has 110 valence electrons. The molecule has 1 aromatic carbocycles. The van der Waals surface area contributed by atoms with Crippen LogP contribution in [0.3, 0.4) is 0 Å². The monoisotopic (exact) mass is 359 g/mol. The lowest BCUT2D eigenvalue weighted by atomic mass is 10.1. The molecule has 5 nitrogen and oxygen atoms in total. The Morgan fingerprint density at radius 1 is 1.30 bits per heavy atom. The average molecular weight is 360 g/mol. The number of sulfonamides is 1. The molecule has 3 N–H and O–H groups in total. The number of nitrogens with zero attached hydrogens (tertiary/aromatic N) is 1. The zero-order chi connectivity index (χ0) is 14.3. The molecule has 0 radical (unpaired) electrons. The number of nitrogens with one attached hydrogen (secondary N) is 1. The summed E-state index contributed by atoms with van der Waals surface area (Å²) in [5.41, 5.74) is 6.20. The van der Waals surface area contributed by atoms with Crippen LogP contribution in [-0.4, -0.2) is 38.5 Å². The third-order valence-corrected chi connectivity index (χ3v) is 6.40. The number of halogens is 1. The lowest BCUT2D eigenvalue weighted by Gasteiger charge is -2.21. The quantitative estimate of drug-likeness (QED) is 0.802. The Kier molecular flexibility index (Phi) is 3.79. The smallest absolute Gasteiger partial charge is 0.240 e. The van der Waals surface area contributed by atoms with E-state index in [4.69, 9.17) is 5.73 Å². The van der Waals surface area contributed by atoms with Crippen LogP contribution in [0.25, 0.3) is 0 Å². The second kappa shape index (κ2) is 5.29. The zero-order valence-corrected chi connectivity index (χ0v) is 13.5. The van der Waals surface area contributed by atoms with Crippen molar-refractivity contribution < 1.29 is 8.42 Å². The molecule has 3 rings (SSSR count). The fraction of sp³-hybridized carbons (Fsp3) is 0.538. The molecule has 2 atom stereocenters. The summed E-state index contributed by atoms with van der Waals surface area (Å²) in [6, 6.07) is 5.11. The molecule has 2 aliphatic rings. The summed E-state index contributed by atoms with van der Waals surface area (Å²) in [6.07, 6.45) is 3.12. The van der Waals surface area contributed by atoms with Crippen LogP contribution in [0.2, 0.25) is 0 Å². The van der Waals surface area contributed by atoms with Crippen LogP contribution in [-0.2, 0) is 10.0 Å². The third-order valence-electron chi connectivity index (χ3n) is 4.19. The van der Waals surface area contributed by atoms with E-state index < -0.39 is 10.0 Å². The summed E-state index contributed by atoms with van der Waals surface area (Å²) in [4.78, 5) is 2.61. The maximum absolute atomic E-state index is 12.4. The van der Waals surface area contributed by atoms with E-state index in [0.717, 1.165) is 32.4 Å². The van der Waals surface area contributed by atoms with E-state index in [2.05, 4.69) is 25.6 Å². The topological polar surface area (TPSA) is 75.4 Å². The predicted octanol–water partition coefficient (Wildman–Crippen LogP) is 1.55. The van der Waals surface area contributed by atoms with E-state index in [1.54, 1.807) is 12.1 Å². The van der Waals surface area contributed by atoms with Crippen molar-refractivity contribution in [2.75, 3.05) is 18.8 Å². The summed E-state index contributed by atoms with van der Waals surface area (Å²) in [5.74, 6) is 0. The minimum absolute atomic E-state index is 0.0207. The summed E-state index contributed by atoms with van der Waals surface area (Å²) in [7, 11) is -3.50. The molecule has 0 aromatic heterocycles. The molecule has 7 heteroatoms. The van der Waals surface area contributed by atoms with E-state index in [9.17, 15) is 8.42 Å². The Balaban J connectivity index is 1.80. The van der Waals surface area contributed by atoms with Gasteiger partial charge in [-0.2, -0.15) is 0 Å². The highest BCUT2D eigenvalue weighted by molar-refractivity contribution is 9.10. The van der Waals surface area contributed by atoms with Crippen molar-refractivity contribution in [3.63, 3.8) is 0 Å². The van der Waals surface area contributed by atoms with Gasteiger partial charge in [0, 0.05) is 28.8 Å². The van der Waals surface area contributed by atoms with Crippen molar-refractivity contribution in [2.45, 2.75) is 36.2 Å². The number of nitrogen functional groups attached to an aromatic ring is 1. The van der Waals surface area contributed by atoms with Gasteiger partial charge in [-0.1, -0.05) is 0 Å². The summed E-state index contributed by atoms with van der Waals surface area (Å²) < 4.78 is 28.4. The molecule has 2 aliphatic heterocycles. The minimum Gasteiger partial charge on any atom is -0.398 e. The first kappa shape index (κ1) is 14.3. The highest BCUT2D eigenvalue weighted by Gasteiger charge is 2.39. The molecule has 2 unspecified atom stereocenters. The summed E-state index contributed by atoms with van der Waals surface area (Å²) in [5, 5.41) is 0. The zero-order valence-electron chi connectivity index (χ0n) is 11.0. The van der Waals surface area contributed by atoms with Gasteiger partial charge in [-0.15, -0.1) is 0 Å². The van der Waals surface area contributed by atoms with Crippen molar-refractivity contribution >= 4 is 31.6 Å². The van der Waals surface area contributed by atoms with Crippen LogP contribution in [0, 0.1) is 0 Å². The second-order valence-corrected chi connectivity index (χ2v) is 8.01. The third kappa shape index (κ3) is 2.59. The van der Waals surface area contributed by atoms with Crippen LogP contribution >= 0.6 is 15.9 Å². The maximum Gasteiger partial charge on any atom is 0.240 e. The molecule has 2 fully saturated rings. The van der Waals surface area contributed by atoms with E-state index >= 15 is 0 Å². The Hall–Kier alpha value is -0.630. The number of rotatable bonds is 3. The molecule has 0 aliphatic carbocycles. The second-order valence-electron chi connectivity index (χ2n) is 5.45. The first-order valence-corrected chi connectivity index (χ1v) is 9.06. The van der Waals surface area contributed by atoms with E-state index in [-0.39, 0.29) is 10.9 Å². The largest absolute Gasteiger partial charge is 0.398 e. The van der Waals surface area contributed by atoms with E-state index in [0.29, 0.717) is 16.2 Å². The number of nitrogens with two attached hydrogens (primary N) is 1. The Morgan fingerprint density at radius 2 is 2.10 bits per heavy atom. The molecule has 20 heavy (non-hydrogen) atoms. The molecule has 1 aromatic rings. The van der Waals surface area contributed by atoms with Crippen molar-refractivity contribution in [3.05, 3.63) is 22.7 Å². The standard InChI is InChI=1S/C13H18BrN3O2S/c14-10-4-3-9(8-11(10)15)20(18,19)16-12-5-7-17-6-1-2-13(12)17/h3-4,8,12-13,16H,1-2,5-7,15H2. The van der Waals surface area contributed by atoms with Gasteiger partial charge in [0.1, 0.15) is 0 Å². The fourth-order valence-electron chi connectivity index (χ4n) is 3.18. The van der Waals surface area contributed by atoms with Crippen molar-refractivity contribution in [1.82, 2.24) is 9.62 Å². The Bertz CT molecular complexity index is 620. The highest BCUT2D eigenvalue weighted by Crippen LogP contribution is 2.29. The fourth-order valence-corrected chi connectivity index (χ4v) is 4.76. The van der Waals surface area contributed by atoms with Gasteiger partial charge in [0.05, 0.1) is 4.90 Å². The van der Waals surface area contributed by atoms with Crippen LogP contribution < -0.4 is 10.5 Å². The van der Waals surface area contributed by atoms with Gasteiger partial charge in [0.15, 0.2) is 0 Å². The highest BCUT2D eigenvalue weighted by atomic mass is 79.9. The minimum atomic E-state index is -3.50. The SMILES string of the molecule is Nc1cc(S(=O)(=O)NC2CCN3CCCC23)ccc1Br.